The van der Waals surface area contributed by atoms with Crippen molar-refractivity contribution in [2.45, 2.75) is 33.2 Å². The molecular weight excluding hydrogens is 258 g/mol. The van der Waals surface area contributed by atoms with E-state index in [1.807, 2.05) is 19.1 Å². The molecule has 0 aliphatic carbocycles. The van der Waals surface area contributed by atoms with Crippen molar-refractivity contribution in [1.82, 2.24) is 5.32 Å². The second-order valence-electron chi connectivity index (χ2n) is 5.10. The highest BCUT2D eigenvalue weighted by molar-refractivity contribution is 5.65. The Balaban J connectivity index is 2.20. The van der Waals surface area contributed by atoms with Crippen LogP contribution >= 0.6 is 0 Å². The lowest BCUT2D eigenvalue weighted by Crippen LogP contribution is -2.19. The topological polar surface area (TPSA) is 21.3 Å². The van der Waals surface area contributed by atoms with Gasteiger partial charge in [0.15, 0.2) is 0 Å². The van der Waals surface area contributed by atoms with Crippen molar-refractivity contribution in [3.63, 3.8) is 0 Å². The zero-order valence-corrected chi connectivity index (χ0v) is 13.2. The van der Waals surface area contributed by atoms with E-state index in [0.29, 0.717) is 12.6 Å². The predicted molar refractivity (Wildman–Crippen MR) is 89.8 cm³/mol. The van der Waals surface area contributed by atoms with Crippen LogP contribution in [0, 0.1) is 0 Å². The molecule has 0 bridgehead atoms. The number of hydrogen-bond acceptors (Lipinski definition) is 2. The Labute approximate surface area is 128 Å². The summed E-state index contributed by atoms with van der Waals surface area (Å²) in [6.45, 7) is 8.07. The third-order valence-electron chi connectivity index (χ3n) is 3.65. The second kappa shape index (κ2) is 7.84. The van der Waals surface area contributed by atoms with Crippen LogP contribution in [0.2, 0.25) is 0 Å². The first-order chi connectivity index (χ1) is 10.3. The lowest BCUT2D eigenvalue weighted by atomic mass is 9.99. The molecule has 0 aromatic heterocycles. The van der Waals surface area contributed by atoms with Gasteiger partial charge in [0.1, 0.15) is 5.75 Å². The molecule has 0 fully saturated rings. The van der Waals surface area contributed by atoms with E-state index in [4.69, 9.17) is 4.74 Å². The normalized spacial score (nSPS) is 12.1. The molecule has 2 aromatic carbocycles. The molecule has 2 rings (SSSR count). The maximum absolute atomic E-state index is 5.57. The number of ether oxygens (including phenoxy) is 1. The summed E-state index contributed by atoms with van der Waals surface area (Å²) in [6.07, 6.45) is 1.10. The van der Waals surface area contributed by atoms with E-state index in [-0.39, 0.29) is 0 Å². The second-order valence-corrected chi connectivity index (χ2v) is 5.10. The number of nitrogens with one attached hydrogen (secondary N) is 1. The fraction of sp³-hybridized carbons (Fsp3) is 0.368. The average Bonchev–Trinajstić information content (AvgIpc) is 2.53. The van der Waals surface area contributed by atoms with E-state index in [0.717, 1.165) is 18.7 Å². The molecular formula is C19H25NO. The smallest absolute Gasteiger partial charge is 0.119 e. The van der Waals surface area contributed by atoms with Gasteiger partial charge in [-0.25, -0.2) is 0 Å². The van der Waals surface area contributed by atoms with Gasteiger partial charge in [-0.1, -0.05) is 50.2 Å². The van der Waals surface area contributed by atoms with Crippen molar-refractivity contribution >= 4 is 0 Å². The van der Waals surface area contributed by atoms with Crippen molar-refractivity contribution in [2.75, 3.05) is 13.2 Å². The Morgan fingerprint density at radius 1 is 0.952 bits per heavy atom. The number of hydrogen-bond donors (Lipinski definition) is 1. The van der Waals surface area contributed by atoms with Crippen molar-refractivity contribution in [1.29, 1.82) is 0 Å². The Hall–Kier alpha value is -1.80. The predicted octanol–water partition coefficient (Wildman–Crippen LogP) is 4.81. The van der Waals surface area contributed by atoms with E-state index in [2.05, 4.69) is 55.6 Å². The molecule has 112 valence electrons. The van der Waals surface area contributed by atoms with Crippen LogP contribution in [-0.2, 0) is 0 Å². The molecule has 0 aliphatic heterocycles. The van der Waals surface area contributed by atoms with Gasteiger partial charge in [0.2, 0.25) is 0 Å². The van der Waals surface area contributed by atoms with Crippen LogP contribution < -0.4 is 10.1 Å². The summed E-state index contributed by atoms with van der Waals surface area (Å²) >= 11 is 0. The van der Waals surface area contributed by atoms with Crippen LogP contribution in [0.5, 0.6) is 5.75 Å². The zero-order chi connectivity index (χ0) is 15.1. The number of benzene rings is 2. The van der Waals surface area contributed by atoms with Crippen molar-refractivity contribution in [2.24, 2.45) is 0 Å². The first-order valence-corrected chi connectivity index (χ1v) is 7.85. The van der Waals surface area contributed by atoms with E-state index >= 15 is 0 Å². The summed E-state index contributed by atoms with van der Waals surface area (Å²) < 4.78 is 5.57. The monoisotopic (exact) mass is 283 g/mol. The Bertz CT molecular complexity index is 548. The molecule has 2 heteroatoms. The first kappa shape index (κ1) is 15.6. The maximum Gasteiger partial charge on any atom is 0.119 e. The lowest BCUT2D eigenvalue weighted by molar-refractivity contribution is 0.340. The van der Waals surface area contributed by atoms with Crippen molar-refractivity contribution < 1.29 is 4.74 Å². The molecule has 0 heterocycles. The van der Waals surface area contributed by atoms with Crippen molar-refractivity contribution in [3.05, 3.63) is 54.1 Å². The summed E-state index contributed by atoms with van der Waals surface area (Å²) in [5.41, 5.74) is 3.78. The highest BCUT2D eigenvalue weighted by Gasteiger charge is 2.07. The largest absolute Gasteiger partial charge is 0.494 e. The standard InChI is InChI=1S/C19H25NO/c1-4-19(20-5-2)16-12-10-15(11-13-16)17-8-7-9-18(14-17)21-6-3/h7-14,19-20H,4-6H2,1-3H3. The van der Waals surface area contributed by atoms with E-state index in [1.54, 1.807) is 0 Å². The van der Waals surface area contributed by atoms with Gasteiger partial charge in [-0.3, -0.25) is 0 Å². The fourth-order valence-corrected chi connectivity index (χ4v) is 2.58. The van der Waals surface area contributed by atoms with Gasteiger partial charge in [0, 0.05) is 6.04 Å². The maximum atomic E-state index is 5.57. The first-order valence-electron chi connectivity index (χ1n) is 7.85. The lowest BCUT2D eigenvalue weighted by Gasteiger charge is -2.16. The van der Waals surface area contributed by atoms with Gasteiger partial charge in [0.05, 0.1) is 6.61 Å². The summed E-state index contributed by atoms with van der Waals surface area (Å²) in [7, 11) is 0. The van der Waals surface area contributed by atoms with Crippen LogP contribution in [0.1, 0.15) is 38.8 Å². The highest BCUT2D eigenvalue weighted by Crippen LogP contribution is 2.26. The van der Waals surface area contributed by atoms with Crippen molar-refractivity contribution in [3.8, 4) is 16.9 Å². The molecule has 21 heavy (non-hydrogen) atoms. The minimum Gasteiger partial charge on any atom is -0.494 e. The van der Waals surface area contributed by atoms with Gasteiger partial charge < -0.3 is 10.1 Å². The molecule has 2 aromatic rings. The van der Waals surface area contributed by atoms with Gasteiger partial charge in [0.25, 0.3) is 0 Å². The molecule has 1 N–H and O–H groups in total. The molecule has 0 saturated heterocycles. The molecule has 0 aliphatic rings. The van der Waals surface area contributed by atoms with E-state index < -0.39 is 0 Å². The summed E-state index contributed by atoms with van der Waals surface area (Å²) in [4.78, 5) is 0. The SMILES string of the molecule is CCNC(CC)c1ccc(-c2cccc(OCC)c2)cc1. The Kier molecular flexibility index (Phi) is 5.82. The average molecular weight is 283 g/mol. The van der Waals surface area contributed by atoms with E-state index in [9.17, 15) is 0 Å². The van der Waals surface area contributed by atoms with Crippen LogP contribution in [0.25, 0.3) is 11.1 Å². The van der Waals surface area contributed by atoms with Crippen LogP contribution in [0.4, 0.5) is 0 Å². The fourth-order valence-electron chi connectivity index (χ4n) is 2.58. The third-order valence-corrected chi connectivity index (χ3v) is 3.65. The molecule has 0 saturated carbocycles. The summed E-state index contributed by atoms with van der Waals surface area (Å²) in [5.74, 6) is 0.929. The zero-order valence-electron chi connectivity index (χ0n) is 13.2. The minimum atomic E-state index is 0.443. The van der Waals surface area contributed by atoms with Crippen LogP contribution in [0.3, 0.4) is 0 Å². The molecule has 1 atom stereocenters. The van der Waals surface area contributed by atoms with Gasteiger partial charge in [-0.2, -0.15) is 0 Å². The van der Waals surface area contributed by atoms with Gasteiger partial charge in [-0.15, -0.1) is 0 Å². The van der Waals surface area contributed by atoms with E-state index in [1.165, 1.54) is 16.7 Å². The molecule has 0 amide bonds. The minimum absolute atomic E-state index is 0.443. The number of rotatable bonds is 7. The van der Waals surface area contributed by atoms with Gasteiger partial charge >= 0.3 is 0 Å². The quantitative estimate of drug-likeness (QED) is 0.787. The summed E-state index contributed by atoms with van der Waals surface area (Å²) in [5, 5.41) is 3.51. The molecule has 2 nitrogen and oxygen atoms in total. The van der Waals surface area contributed by atoms with Crippen LogP contribution in [0.15, 0.2) is 48.5 Å². The highest BCUT2D eigenvalue weighted by atomic mass is 16.5. The molecule has 1 unspecified atom stereocenters. The summed E-state index contributed by atoms with van der Waals surface area (Å²) in [6, 6.07) is 17.5. The molecule has 0 spiro atoms. The van der Waals surface area contributed by atoms with Crippen LogP contribution in [-0.4, -0.2) is 13.2 Å². The third kappa shape index (κ3) is 4.08. The molecule has 0 radical (unpaired) electrons. The Morgan fingerprint density at radius 3 is 2.33 bits per heavy atom. The Morgan fingerprint density at radius 2 is 1.71 bits per heavy atom. The van der Waals surface area contributed by atoms with Gasteiger partial charge in [-0.05, 0) is 48.7 Å².